The number of thioether (sulfide) groups is 1. The van der Waals surface area contributed by atoms with Crippen molar-refractivity contribution in [3.05, 3.63) is 46.8 Å². The fourth-order valence-corrected chi connectivity index (χ4v) is 4.53. The van der Waals surface area contributed by atoms with Crippen molar-refractivity contribution >= 4 is 34.7 Å². The maximum absolute atomic E-state index is 12.7. The average Bonchev–Trinajstić information content (AvgIpc) is 3.16. The van der Waals surface area contributed by atoms with Crippen LogP contribution in [-0.4, -0.2) is 25.9 Å². The highest BCUT2D eigenvalue weighted by Gasteiger charge is 2.31. The fraction of sp³-hybridized carbons (Fsp3) is 0.350. The lowest BCUT2D eigenvalue weighted by Gasteiger charge is -2.14. The SMILES string of the molecule is Cc1ccc(C)c(NC(=O)[C@@H](C)Sc2nnc(-c3cccs3)n2C2CC2)c1. The summed E-state index contributed by atoms with van der Waals surface area (Å²) in [5.74, 6) is 0.897. The zero-order valence-corrected chi connectivity index (χ0v) is 17.2. The number of benzene rings is 1. The molecule has 0 spiro atoms. The zero-order chi connectivity index (χ0) is 19.0. The van der Waals surface area contributed by atoms with Gasteiger partial charge < -0.3 is 5.32 Å². The van der Waals surface area contributed by atoms with Crippen molar-refractivity contribution < 1.29 is 4.79 Å². The van der Waals surface area contributed by atoms with Gasteiger partial charge in [0.1, 0.15) is 0 Å². The van der Waals surface area contributed by atoms with E-state index in [1.54, 1.807) is 11.3 Å². The van der Waals surface area contributed by atoms with Crippen molar-refractivity contribution in [2.75, 3.05) is 5.32 Å². The monoisotopic (exact) mass is 398 g/mol. The van der Waals surface area contributed by atoms with E-state index in [4.69, 9.17) is 0 Å². The van der Waals surface area contributed by atoms with Crippen LogP contribution in [0.4, 0.5) is 5.69 Å². The van der Waals surface area contributed by atoms with Crippen LogP contribution >= 0.6 is 23.1 Å². The molecule has 2 aromatic heterocycles. The second kappa shape index (κ2) is 7.48. The Morgan fingerprint density at radius 3 is 2.81 bits per heavy atom. The van der Waals surface area contributed by atoms with E-state index in [9.17, 15) is 4.79 Å². The molecule has 5 nitrogen and oxygen atoms in total. The number of aromatic nitrogens is 3. The van der Waals surface area contributed by atoms with Gasteiger partial charge in [0.05, 0.1) is 10.1 Å². The summed E-state index contributed by atoms with van der Waals surface area (Å²) < 4.78 is 2.21. The summed E-state index contributed by atoms with van der Waals surface area (Å²) in [6, 6.07) is 10.6. The van der Waals surface area contributed by atoms with E-state index in [-0.39, 0.29) is 11.2 Å². The van der Waals surface area contributed by atoms with Crippen molar-refractivity contribution in [3.63, 3.8) is 0 Å². The number of rotatable bonds is 6. The molecule has 2 heterocycles. The van der Waals surface area contributed by atoms with E-state index in [0.29, 0.717) is 6.04 Å². The number of hydrogen-bond acceptors (Lipinski definition) is 5. The van der Waals surface area contributed by atoms with Gasteiger partial charge in [0.2, 0.25) is 5.91 Å². The highest BCUT2D eigenvalue weighted by atomic mass is 32.2. The van der Waals surface area contributed by atoms with E-state index in [0.717, 1.165) is 45.5 Å². The molecule has 0 unspecified atom stereocenters. The minimum atomic E-state index is -0.261. The van der Waals surface area contributed by atoms with Crippen molar-refractivity contribution in [2.24, 2.45) is 0 Å². The van der Waals surface area contributed by atoms with Crippen molar-refractivity contribution in [2.45, 2.75) is 50.1 Å². The molecular weight excluding hydrogens is 376 g/mol. The van der Waals surface area contributed by atoms with Crippen LogP contribution in [0.5, 0.6) is 0 Å². The van der Waals surface area contributed by atoms with Gasteiger partial charge >= 0.3 is 0 Å². The summed E-state index contributed by atoms with van der Waals surface area (Å²) in [6.45, 7) is 5.95. The molecule has 7 heteroatoms. The van der Waals surface area contributed by atoms with Crippen molar-refractivity contribution in [1.29, 1.82) is 0 Å². The third kappa shape index (κ3) is 3.94. The summed E-state index contributed by atoms with van der Waals surface area (Å²) in [6.07, 6.45) is 2.29. The standard InChI is InChI=1S/C20H22N4OS2/c1-12-6-7-13(2)16(11-12)21-19(25)14(3)27-20-23-22-18(17-5-4-10-26-17)24(20)15-8-9-15/h4-7,10-11,14-15H,8-9H2,1-3H3,(H,21,25)/t14-/m1/s1. The van der Waals surface area contributed by atoms with Crippen LogP contribution < -0.4 is 5.32 Å². The van der Waals surface area contributed by atoms with Crippen molar-refractivity contribution in [3.8, 4) is 10.7 Å². The molecule has 1 atom stereocenters. The van der Waals surface area contributed by atoms with Gasteiger partial charge in [-0.3, -0.25) is 9.36 Å². The normalized spacial score (nSPS) is 14.9. The lowest BCUT2D eigenvalue weighted by Crippen LogP contribution is -2.23. The summed E-state index contributed by atoms with van der Waals surface area (Å²) >= 11 is 3.14. The lowest BCUT2D eigenvalue weighted by molar-refractivity contribution is -0.115. The Hall–Kier alpha value is -2.12. The Morgan fingerprint density at radius 2 is 2.11 bits per heavy atom. The number of anilines is 1. The molecule has 1 N–H and O–H groups in total. The van der Waals surface area contributed by atoms with E-state index < -0.39 is 0 Å². The highest BCUT2D eigenvalue weighted by molar-refractivity contribution is 8.00. The minimum Gasteiger partial charge on any atom is -0.325 e. The van der Waals surface area contributed by atoms with Crippen LogP contribution in [0.1, 0.15) is 36.9 Å². The van der Waals surface area contributed by atoms with Crippen LogP contribution in [0.3, 0.4) is 0 Å². The van der Waals surface area contributed by atoms with Crippen molar-refractivity contribution in [1.82, 2.24) is 14.8 Å². The number of hydrogen-bond donors (Lipinski definition) is 1. The molecule has 0 radical (unpaired) electrons. The number of thiophene rings is 1. The maximum Gasteiger partial charge on any atom is 0.237 e. The molecule has 27 heavy (non-hydrogen) atoms. The molecule has 1 fully saturated rings. The van der Waals surface area contributed by atoms with Gasteiger partial charge in [-0.15, -0.1) is 21.5 Å². The Kier molecular flexibility index (Phi) is 5.06. The van der Waals surface area contributed by atoms with Gasteiger partial charge in [-0.25, -0.2) is 0 Å². The molecular formula is C20H22N4OS2. The molecule has 3 aromatic rings. The van der Waals surface area contributed by atoms with Gasteiger partial charge in [-0.05, 0) is 62.3 Å². The molecule has 140 valence electrons. The largest absolute Gasteiger partial charge is 0.325 e. The summed E-state index contributed by atoms with van der Waals surface area (Å²) in [4.78, 5) is 13.8. The molecule has 1 saturated carbocycles. The zero-order valence-electron chi connectivity index (χ0n) is 15.6. The highest BCUT2D eigenvalue weighted by Crippen LogP contribution is 2.42. The first-order valence-corrected chi connectivity index (χ1v) is 10.8. The molecule has 1 amide bonds. The Labute approximate surface area is 167 Å². The average molecular weight is 399 g/mol. The number of carbonyl (C=O) groups excluding carboxylic acids is 1. The molecule has 4 rings (SSSR count). The minimum absolute atomic E-state index is 0.0169. The number of carbonyl (C=O) groups is 1. The van der Waals surface area contributed by atoms with Gasteiger partial charge in [-0.1, -0.05) is 30.0 Å². The number of aryl methyl sites for hydroxylation is 2. The third-order valence-electron chi connectivity index (χ3n) is 4.62. The van der Waals surface area contributed by atoms with E-state index in [1.165, 1.54) is 11.8 Å². The Balaban J connectivity index is 1.52. The third-order valence-corrected chi connectivity index (χ3v) is 6.54. The lowest BCUT2D eigenvalue weighted by atomic mass is 10.1. The maximum atomic E-state index is 12.7. The Morgan fingerprint density at radius 1 is 1.30 bits per heavy atom. The molecule has 1 aliphatic carbocycles. The Bertz CT molecular complexity index is 961. The van der Waals surface area contributed by atoms with E-state index in [1.807, 2.05) is 50.4 Å². The van der Waals surface area contributed by atoms with Crippen LogP contribution in [0, 0.1) is 13.8 Å². The first-order chi connectivity index (χ1) is 13.0. The number of amides is 1. The summed E-state index contributed by atoms with van der Waals surface area (Å²) in [5, 5.41) is 14.5. The predicted molar refractivity (Wildman–Crippen MR) is 111 cm³/mol. The van der Waals surface area contributed by atoms with Gasteiger partial charge in [0.25, 0.3) is 0 Å². The van der Waals surface area contributed by atoms with E-state index in [2.05, 4.69) is 26.1 Å². The van der Waals surface area contributed by atoms with Gasteiger partial charge in [0.15, 0.2) is 11.0 Å². The topological polar surface area (TPSA) is 59.8 Å². The van der Waals surface area contributed by atoms with Crippen LogP contribution in [0.25, 0.3) is 10.7 Å². The second-order valence-corrected chi connectivity index (χ2v) is 9.21. The van der Waals surface area contributed by atoms with E-state index >= 15 is 0 Å². The smallest absolute Gasteiger partial charge is 0.237 e. The van der Waals surface area contributed by atoms with Crippen LogP contribution in [-0.2, 0) is 4.79 Å². The number of nitrogens with one attached hydrogen (secondary N) is 1. The summed E-state index contributed by atoms with van der Waals surface area (Å²) in [5.41, 5.74) is 3.06. The first kappa shape index (κ1) is 18.3. The van der Waals surface area contributed by atoms with Gasteiger partial charge in [0, 0.05) is 11.7 Å². The summed E-state index contributed by atoms with van der Waals surface area (Å²) in [7, 11) is 0. The predicted octanol–water partition coefficient (Wildman–Crippen LogP) is 5.08. The molecule has 0 aliphatic heterocycles. The second-order valence-electron chi connectivity index (χ2n) is 6.95. The van der Waals surface area contributed by atoms with Gasteiger partial charge in [-0.2, -0.15) is 0 Å². The van der Waals surface area contributed by atoms with Crippen LogP contribution in [0.2, 0.25) is 0 Å². The molecule has 0 bridgehead atoms. The first-order valence-electron chi connectivity index (χ1n) is 9.06. The number of nitrogens with zero attached hydrogens (tertiary/aromatic N) is 3. The fourth-order valence-electron chi connectivity index (χ4n) is 2.91. The molecule has 1 aliphatic rings. The molecule has 1 aromatic carbocycles. The molecule has 0 saturated heterocycles. The quantitative estimate of drug-likeness (QED) is 0.589. The van der Waals surface area contributed by atoms with Crippen LogP contribution in [0.15, 0.2) is 40.9 Å².